The molecule has 0 saturated heterocycles. The molecule has 0 bridgehead atoms. The number of imidazole rings is 1. The van der Waals surface area contributed by atoms with Gasteiger partial charge in [0.2, 0.25) is 5.91 Å². The first-order chi connectivity index (χ1) is 10.5. The Morgan fingerprint density at radius 2 is 2.32 bits per heavy atom. The van der Waals surface area contributed by atoms with Crippen molar-refractivity contribution < 1.29 is 4.79 Å². The van der Waals surface area contributed by atoms with E-state index in [2.05, 4.69) is 20.3 Å². The van der Waals surface area contributed by atoms with Crippen molar-refractivity contribution in [2.24, 2.45) is 0 Å². The van der Waals surface area contributed by atoms with Crippen molar-refractivity contribution in [1.82, 2.24) is 24.8 Å². The molecule has 2 aromatic rings. The highest BCUT2D eigenvalue weighted by molar-refractivity contribution is 5.76. The second-order valence-electron chi connectivity index (χ2n) is 5.15. The van der Waals surface area contributed by atoms with Gasteiger partial charge in [0.05, 0.1) is 0 Å². The number of aryl methyl sites for hydroxylation is 1. The van der Waals surface area contributed by atoms with Gasteiger partial charge in [-0.1, -0.05) is 0 Å². The van der Waals surface area contributed by atoms with Gasteiger partial charge in [0, 0.05) is 43.9 Å². The first kappa shape index (κ1) is 15.7. The molecule has 4 N–H and O–H groups in total. The lowest BCUT2D eigenvalue weighted by molar-refractivity contribution is -0.121. The Morgan fingerprint density at radius 3 is 2.95 bits per heavy atom. The van der Waals surface area contributed by atoms with Crippen LogP contribution in [-0.2, 0) is 11.2 Å². The van der Waals surface area contributed by atoms with E-state index in [0.717, 1.165) is 5.82 Å². The third-order valence-electron chi connectivity index (χ3n) is 3.31. The monoisotopic (exact) mass is 304 g/mol. The number of rotatable bonds is 6. The summed E-state index contributed by atoms with van der Waals surface area (Å²) < 4.78 is 1.95. The van der Waals surface area contributed by atoms with E-state index >= 15 is 0 Å². The van der Waals surface area contributed by atoms with Crippen molar-refractivity contribution in [3.63, 3.8) is 0 Å². The third kappa shape index (κ3) is 4.18. The van der Waals surface area contributed by atoms with Crippen molar-refractivity contribution >= 4 is 11.7 Å². The molecule has 0 spiro atoms. The van der Waals surface area contributed by atoms with Gasteiger partial charge in [-0.05, 0) is 13.8 Å². The van der Waals surface area contributed by atoms with Crippen molar-refractivity contribution in [2.75, 3.05) is 12.3 Å². The molecule has 1 atom stereocenters. The molecular formula is C14H20N6O2. The summed E-state index contributed by atoms with van der Waals surface area (Å²) in [7, 11) is 0. The molecular weight excluding hydrogens is 284 g/mol. The number of nitrogen functional groups attached to an aromatic ring is 1. The first-order valence-corrected chi connectivity index (χ1v) is 7.07. The van der Waals surface area contributed by atoms with Crippen molar-refractivity contribution in [1.29, 1.82) is 0 Å². The highest BCUT2D eigenvalue weighted by Crippen LogP contribution is 2.12. The zero-order valence-electron chi connectivity index (χ0n) is 12.7. The van der Waals surface area contributed by atoms with Gasteiger partial charge in [0.15, 0.2) is 0 Å². The van der Waals surface area contributed by atoms with E-state index in [9.17, 15) is 9.59 Å². The number of aromatic nitrogens is 4. The van der Waals surface area contributed by atoms with Crippen LogP contribution in [0.15, 0.2) is 23.3 Å². The molecule has 118 valence electrons. The van der Waals surface area contributed by atoms with Gasteiger partial charge in [-0.3, -0.25) is 9.59 Å². The molecule has 8 nitrogen and oxygen atoms in total. The van der Waals surface area contributed by atoms with E-state index in [1.807, 2.05) is 24.6 Å². The summed E-state index contributed by atoms with van der Waals surface area (Å²) in [5.74, 6) is 1.45. The molecule has 0 fully saturated rings. The van der Waals surface area contributed by atoms with Gasteiger partial charge in [0.1, 0.15) is 17.5 Å². The first-order valence-electron chi connectivity index (χ1n) is 7.07. The van der Waals surface area contributed by atoms with E-state index in [4.69, 9.17) is 5.73 Å². The number of nitrogens with one attached hydrogen (secondary N) is 2. The number of H-pyrrole nitrogens is 1. The zero-order valence-corrected chi connectivity index (χ0v) is 12.7. The van der Waals surface area contributed by atoms with Crippen LogP contribution in [0.5, 0.6) is 0 Å². The summed E-state index contributed by atoms with van der Waals surface area (Å²) in [6, 6.07) is 1.25. The number of carbonyl (C=O) groups excluding carboxylic acids is 1. The summed E-state index contributed by atoms with van der Waals surface area (Å²) in [6.07, 6.45) is 4.35. The lowest BCUT2D eigenvalue weighted by atomic mass is 10.2. The molecule has 8 heteroatoms. The van der Waals surface area contributed by atoms with E-state index in [1.165, 1.54) is 6.07 Å². The lowest BCUT2D eigenvalue weighted by Gasteiger charge is -2.14. The maximum Gasteiger partial charge on any atom is 0.252 e. The van der Waals surface area contributed by atoms with E-state index in [1.54, 1.807) is 6.20 Å². The van der Waals surface area contributed by atoms with Crippen LogP contribution in [-0.4, -0.2) is 32.0 Å². The van der Waals surface area contributed by atoms with E-state index < -0.39 is 0 Å². The van der Waals surface area contributed by atoms with Crippen LogP contribution >= 0.6 is 0 Å². The minimum absolute atomic E-state index is 0.0350. The van der Waals surface area contributed by atoms with Crippen molar-refractivity contribution in [2.45, 2.75) is 32.7 Å². The molecule has 0 saturated carbocycles. The third-order valence-corrected chi connectivity index (χ3v) is 3.31. The average molecular weight is 304 g/mol. The molecule has 2 aromatic heterocycles. The topological polar surface area (TPSA) is 119 Å². The highest BCUT2D eigenvalue weighted by atomic mass is 16.1. The number of nitrogens with two attached hydrogens (primary N) is 1. The minimum Gasteiger partial charge on any atom is -0.383 e. The summed E-state index contributed by atoms with van der Waals surface area (Å²) in [6.45, 7) is 4.25. The van der Waals surface area contributed by atoms with Crippen LogP contribution in [0.4, 0.5) is 5.82 Å². The number of carbonyl (C=O) groups is 1. The molecule has 0 aliphatic rings. The molecule has 2 heterocycles. The summed E-state index contributed by atoms with van der Waals surface area (Å²) in [5, 5.41) is 2.81. The van der Waals surface area contributed by atoms with Crippen LogP contribution in [0.2, 0.25) is 0 Å². The lowest BCUT2D eigenvalue weighted by Crippen LogP contribution is -2.28. The smallest absolute Gasteiger partial charge is 0.252 e. The van der Waals surface area contributed by atoms with Gasteiger partial charge < -0.3 is 20.6 Å². The van der Waals surface area contributed by atoms with Crippen LogP contribution in [0.25, 0.3) is 0 Å². The normalized spacial score (nSPS) is 12.1. The fourth-order valence-corrected chi connectivity index (χ4v) is 2.26. The van der Waals surface area contributed by atoms with Crippen LogP contribution < -0.4 is 16.6 Å². The van der Waals surface area contributed by atoms with Gasteiger partial charge in [-0.15, -0.1) is 0 Å². The van der Waals surface area contributed by atoms with Crippen LogP contribution in [0, 0.1) is 6.92 Å². The van der Waals surface area contributed by atoms with Gasteiger partial charge in [-0.25, -0.2) is 9.97 Å². The maximum atomic E-state index is 11.9. The van der Waals surface area contributed by atoms with Gasteiger partial charge in [-0.2, -0.15) is 0 Å². The van der Waals surface area contributed by atoms with Crippen molar-refractivity contribution in [3.8, 4) is 0 Å². The second kappa shape index (κ2) is 6.88. The number of anilines is 1. The number of hydrogen-bond donors (Lipinski definition) is 3. The Bertz CT molecular complexity index is 705. The van der Waals surface area contributed by atoms with Gasteiger partial charge >= 0.3 is 0 Å². The Hall–Kier alpha value is -2.64. The van der Waals surface area contributed by atoms with E-state index in [0.29, 0.717) is 25.2 Å². The molecule has 0 aliphatic heterocycles. The minimum atomic E-state index is -0.293. The fourth-order valence-electron chi connectivity index (χ4n) is 2.26. The zero-order chi connectivity index (χ0) is 16.1. The molecule has 0 aliphatic carbocycles. The number of nitrogens with zero attached hydrogens (tertiary/aromatic N) is 3. The van der Waals surface area contributed by atoms with Crippen LogP contribution in [0.1, 0.15) is 31.0 Å². The SMILES string of the molecule is Cc1nccn1C(C)CC(=O)NCCc1nc(N)cc(=O)[nH]1. The average Bonchev–Trinajstić information content (AvgIpc) is 2.83. The predicted molar refractivity (Wildman–Crippen MR) is 82.3 cm³/mol. The Morgan fingerprint density at radius 1 is 1.55 bits per heavy atom. The summed E-state index contributed by atoms with van der Waals surface area (Å²) >= 11 is 0. The van der Waals surface area contributed by atoms with Crippen LogP contribution in [0.3, 0.4) is 0 Å². The molecule has 0 aromatic carbocycles. The molecule has 22 heavy (non-hydrogen) atoms. The Balaban J connectivity index is 1.80. The number of hydrogen-bond acceptors (Lipinski definition) is 5. The quantitative estimate of drug-likeness (QED) is 0.703. The maximum absolute atomic E-state index is 11.9. The van der Waals surface area contributed by atoms with Crippen molar-refractivity contribution in [3.05, 3.63) is 40.5 Å². The van der Waals surface area contributed by atoms with Gasteiger partial charge in [0.25, 0.3) is 5.56 Å². The fraction of sp³-hybridized carbons (Fsp3) is 0.429. The molecule has 2 rings (SSSR count). The summed E-state index contributed by atoms with van der Waals surface area (Å²) in [5.41, 5.74) is 5.20. The molecule has 0 radical (unpaired) electrons. The predicted octanol–water partition coefficient (Wildman–Crippen LogP) is 0.167. The second-order valence-corrected chi connectivity index (χ2v) is 5.15. The highest BCUT2D eigenvalue weighted by Gasteiger charge is 2.12. The summed E-state index contributed by atoms with van der Waals surface area (Å²) in [4.78, 5) is 33.9. The number of amides is 1. The largest absolute Gasteiger partial charge is 0.383 e. The Kier molecular flexibility index (Phi) is 4.92. The Labute approximate surface area is 127 Å². The molecule has 1 unspecified atom stereocenters. The molecule has 1 amide bonds. The standard InChI is InChI=1S/C14H20N6O2/c1-9(20-6-5-16-10(20)2)7-13(21)17-4-3-12-18-11(15)8-14(22)19-12/h5-6,8-9H,3-4,7H2,1-2H3,(H,17,21)(H3,15,18,19,22). The number of aromatic amines is 1. The van der Waals surface area contributed by atoms with E-state index in [-0.39, 0.29) is 23.3 Å².